The zero-order valence-electron chi connectivity index (χ0n) is 11.4. The first-order valence-corrected chi connectivity index (χ1v) is 6.86. The number of halogens is 1. The fraction of sp³-hybridized carbons (Fsp3) is 0.615. The molecule has 2 aliphatic rings. The van der Waals surface area contributed by atoms with Gasteiger partial charge in [0.2, 0.25) is 0 Å². The van der Waals surface area contributed by atoms with Crippen molar-refractivity contribution in [3.8, 4) is 0 Å². The zero-order valence-corrected chi connectivity index (χ0v) is 11.4. The van der Waals surface area contributed by atoms with Crippen LogP contribution in [0.2, 0.25) is 0 Å². The summed E-state index contributed by atoms with van der Waals surface area (Å²) in [5.41, 5.74) is -0.640. The highest BCUT2D eigenvalue weighted by Crippen LogP contribution is 2.34. The summed E-state index contributed by atoms with van der Waals surface area (Å²) in [7, 11) is 0. The molecule has 0 saturated carbocycles. The van der Waals surface area contributed by atoms with Crippen LogP contribution >= 0.6 is 0 Å². The van der Waals surface area contributed by atoms with Gasteiger partial charge in [0.1, 0.15) is 6.20 Å². The third kappa shape index (κ3) is 2.96. The minimum Gasteiger partial charge on any atom is -0.378 e. The van der Waals surface area contributed by atoms with Gasteiger partial charge < -0.3 is 14.8 Å². The molecular weight excluding hydrogens is 281 g/mol. The fourth-order valence-corrected chi connectivity index (χ4v) is 2.84. The molecule has 1 aromatic heterocycles. The van der Waals surface area contributed by atoms with Crippen molar-refractivity contribution in [1.82, 2.24) is 4.98 Å². The Bertz CT molecular complexity index is 548. The van der Waals surface area contributed by atoms with E-state index in [1.165, 1.54) is 0 Å². The van der Waals surface area contributed by atoms with E-state index < -0.39 is 10.7 Å². The van der Waals surface area contributed by atoms with Crippen LogP contribution in [0.3, 0.4) is 0 Å². The van der Waals surface area contributed by atoms with Crippen LogP contribution in [0, 0.1) is 15.9 Å². The molecule has 114 valence electrons. The van der Waals surface area contributed by atoms with Gasteiger partial charge in [0, 0.05) is 25.7 Å². The molecule has 1 spiro atoms. The summed E-state index contributed by atoms with van der Waals surface area (Å²) in [5, 5.41) is 13.6. The molecule has 0 radical (unpaired) electrons. The zero-order chi connectivity index (χ0) is 14.9. The Morgan fingerprint density at radius 3 is 3.05 bits per heavy atom. The quantitative estimate of drug-likeness (QED) is 0.677. The lowest BCUT2D eigenvalue weighted by molar-refractivity contribution is -0.385. The SMILES string of the molecule is O=[N+]([O-])c1cnc(NC2CCOC3(CCOC3)C2)c(F)c1. The molecule has 3 rings (SSSR count). The van der Waals surface area contributed by atoms with Gasteiger partial charge in [0.25, 0.3) is 5.69 Å². The van der Waals surface area contributed by atoms with Crippen LogP contribution in [0.5, 0.6) is 0 Å². The average molecular weight is 297 g/mol. The van der Waals surface area contributed by atoms with Gasteiger partial charge in [-0.25, -0.2) is 9.37 Å². The largest absolute Gasteiger partial charge is 0.378 e. The lowest BCUT2D eigenvalue weighted by Gasteiger charge is -2.37. The molecule has 2 fully saturated rings. The highest BCUT2D eigenvalue weighted by molar-refractivity contribution is 5.42. The van der Waals surface area contributed by atoms with Crippen molar-refractivity contribution in [1.29, 1.82) is 0 Å². The second-order valence-electron chi connectivity index (χ2n) is 5.45. The number of nitro groups is 1. The Kier molecular flexibility index (Phi) is 3.73. The summed E-state index contributed by atoms with van der Waals surface area (Å²) in [5.74, 6) is -0.672. The van der Waals surface area contributed by atoms with Crippen LogP contribution in [0.4, 0.5) is 15.9 Å². The van der Waals surface area contributed by atoms with Crippen molar-refractivity contribution in [3.63, 3.8) is 0 Å². The number of aromatic nitrogens is 1. The van der Waals surface area contributed by atoms with Crippen molar-refractivity contribution in [3.05, 3.63) is 28.2 Å². The number of rotatable bonds is 3. The molecule has 2 aliphatic heterocycles. The summed E-state index contributed by atoms with van der Waals surface area (Å²) in [6, 6.07) is 0.896. The van der Waals surface area contributed by atoms with Gasteiger partial charge in [-0.1, -0.05) is 0 Å². The molecule has 1 aromatic rings. The van der Waals surface area contributed by atoms with Crippen LogP contribution in [0.1, 0.15) is 19.3 Å². The number of nitrogens with zero attached hydrogens (tertiary/aromatic N) is 2. The molecule has 7 nitrogen and oxygen atoms in total. The maximum absolute atomic E-state index is 13.8. The molecule has 1 N–H and O–H groups in total. The normalized spacial score (nSPS) is 28.7. The van der Waals surface area contributed by atoms with Crippen LogP contribution in [-0.2, 0) is 9.47 Å². The van der Waals surface area contributed by atoms with Crippen molar-refractivity contribution < 1.29 is 18.8 Å². The molecule has 0 aromatic carbocycles. The second kappa shape index (κ2) is 5.53. The van der Waals surface area contributed by atoms with E-state index in [1.54, 1.807) is 0 Å². The first-order valence-electron chi connectivity index (χ1n) is 6.86. The van der Waals surface area contributed by atoms with Gasteiger partial charge in [0.15, 0.2) is 11.6 Å². The van der Waals surface area contributed by atoms with Crippen molar-refractivity contribution in [2.75, 3.05) is 25.1 Å². The number of ether oxygens (including phenoxy) is 2. The van der Waals surface area contributed by atoms with Crippen LogP contribution in [0.15, 0.2) is 12.3 Å². The monoisotopic (exact) mass is 297 g/mol. The van der Waals surface area contributed by atoms with Crippen LogP contribution in [-0.4, -0.2) is 41.4 Å². The molecule has 2 atom stereocenters. The van der Waals surface area contributed by atoms with Crippen molar-refractivity contribution >= 4 is 11.5 Å². The van der Waals surface area contributed by atoms with Gasteiger partial charge in [-0.05, 0) is 12.8 Å². The lowest BCUT2D eigenvalue weighted by atomic mass is 9.90. The Labute approximate surface area is 120 Å². The Morgan fingerprint density at radius 2 is 2.38 bits per heavy atom. The first kappa shape index (κ1) is 14.2. The smallest absolute Gasteiger partial charge is 0.290 e. The summed E-state index contributed by atoms with van der Waals surface area (Å²) >= 11 is 0. The van der Waals surface area contributed by atoms with Gasteiger partial charge in [-0.2, -0.15) is 0 Å². The Morgan fingerprint density at radius 1 is 1.52 bits per heavy atom. The molecule has 21 heavy (non-hydrogen) atoms. The number of nitrogens with one attached hydrogen (secondary N) is 1. The Balaban J connectivity index is 1.70. The highest BCUT2D eigenvalue weighted by atomic mass is 19.1. The van der Waals surface area contributed by atoms with Crippen molar-refractivity contribution in [2.45, 2.75) is 30.9 Å². The maximum Gasteiger partial charge on any atom is 0.290 e. The minimum absolute atomic E-state index is 0.0175. The molecule has 8 heteroatoms. The fourth-order valence-electron chi connectivity index (χ4n) is 2.84. The molecule has 3 heterocycles. The van der Waals surface area contributed by atoms with Gasteiger partial charge in [-0.15, -0.1) is 0 Å². The van der Waals surface area contributed by atoms with Gasteiger partial charge in [-0.3, -0.25) is 10.1 Å². The standard InChI is InChI=1S/C13H16FN3O4/c14-11-5-10(17(18)19)7-15-12(11)16-9-1-3-21-13(6-9)2-4-20-8-13/h5,7,9H,1-4,6,8H2,(H,15,16). The molecular formula is C13H16FN3O4. The minimum atomic E-state index is -0.715. The number of pyridine rings is 1. The summed E-state index contributed by atoms with van der Waals surface area (Å²) in [6.45, 7) is 1.81. The number of hydrogen-bond donors (Lipinski definition) is 1. The van der Waals surface area contributed by atoms with E-state index in [0.29, 0.717) is 26.2 Å². The predicted octanol–water partition coefficient (Wildman–Crippen LogP) is 1.88. The van der Waals surface area contributed by atoms with Gasteiger partial charge in [0.05, 0.1) is 23.2 Å². The molecule has 0 bridgehead atoms. The molecule has 0 aliphatic carbocycles. The van der Waals surface area contributed by atoms with Crippen LogP contribution in [0.25, 0.3) is 0 Å². The van der Waals surface area contributed by atoms with E-state index in [2.05, 4.69) is 10.3 Å². The number of hydrogen-bond acceptors (Lipinski definition) is 6. The van der Waals surface area contributed by atoms with Gasteiger partial charge >= 0.3 is 0 Å². The van der Waals surface area contributed by atoms with E-state index in [1.807, 2.05) is 0 Å². The van der Waals surface area contributed by atoms with E-state index in [4.69, 9.17) is 9.47 Å². The topological polar surface area (TPSA) is 86.5 Å². The Hall–Kier alpha value is -1.80. The number of anilines is 1. The molecule has 0 amide bonds. The summed E-state index contributed by atoms with van der Waals surface area (Å²) < 4.78 is 25.0. The summed E-state index contributed by atoms with van der Waals surface area (Å²) in [6.07, 6.45) is 3.34. The third-order valence-electron chi connectivity index (χ3n) is 3.94. The van der Waals surface area contributed by atoms with E-state index in [0.717, 1.165) is 25.1 Å². The third-order valence-corrected chi connectivity index (χ3v) is 3.94. The van der Waals surface area contributed by atoms with E-state index in [9.17, 15) is 14.5 Å². The summed E-state index contributed by atoms with van der Waals surface area (Å²) in [4.78, 5) is 13.7. The maximum atomic E-state index is 13.8. The predicted molar refractivity (Wildman–Crippen MR) is 71.6 cm³/mol. The van der Waals surface area contributed by atoms with E-state index >= 15 is 0 Å². The van der Waals surface area contributed by atoms with Crippen molar-refractivity contribution in [2.24, 2.45) is 0 Å². The van der Waals surface area contributed by atoms with Crippen LogP contribution < -0.4 is 5.32 Å². The molecule has 2 saturated heterocycles. The van der Waals surface area contributed by atoms with E-state index in [-0.39, 0.29) is 23.1 Å². The second-order valence-corrected chi connectivity index (χ2v) is 5.45. The first-order chi connectivity index (χ1) is 10.1. The average Bonchev–Trinajstić information content (AvgIpc) is 2.89. The molecule has 2 unspecified atom stereocenters. The lowest BCUT2D eigenvalue weighted by Crippen LogP contribution is -2.45. The highest BCUT2D eigenvalue weighted by Gasteiger charge is 2.41.